The largest absolute Gasteiger partial charge is 0.366 e. The monoisotopic (exact) mass is 351 g/mol. The Bertz CT molecular complexity index is 930. The molecule has 0 saturated carbocycles. The number of sulfonamides is 1. The van der Waals surface area contributed by atoms with Crippen LogP contribution in [0.25, 0.3) is 0 Å². The summed E-state index contributed by atoms with van der Waals surface area (Å²) in [6.45, 7) is 0.826. The smallest absolute Gasteiger partial charge is 0.270 e. The maximum atomic E-state index is 13.3. The fourth-order valence-corrected chi connectivity index (χ4v) is 3.61. The highest BCUT2D eigenvalue weighted by molar-refractivity contribution is 7.89. The van der Waals surface area contributed by atoms with E-state index in [1.54, 1.807) is 11.0 Å². The molecule has 7 nitrogen and oxygen atoms in total. The third-order valence-electron chi connectivity index (χ3n) is 3.98. The molecular weight excluding hydrogens is 337 g/mol. The van der Waals surface area contributed by atoms with Gasteiger partial charge in [0.1, 0.15) is 10.7 Å². The van der Waals surface area contributed by atoms with Crippen molar-refractivity contribution in [1.82, 2.24) is 0 Å². The molecule has 2 N–H and O–H groups in total. The number of fused-ring (bicyclic) bond motifs is 1. The lowest BCUT2D eigenvalue weighted by molar-refractivity contribution is -0.385. The molecule has 1 aliphatic rings. The second-order valence-electron chi connectivity index (χ2n) is 5.54. The third-order valence-corrected chi connectivity index (χ3v) is 4.92. The van der Waals surface area contributed by atoms with Gasteiger partial charge in [-0.25, -0.2) is 17.9 Å². The fourth-order valence-electron chi connectivity index (χ4n) is 2.83. The zero-order valence-corrected chi connectivity index (χ0v) is 13.3. The molecule has 0 unspecified atom stereocenters. The molecule has 9 heteroatoms. The average Bonchev–Trinajstić information content (AvgIpc) is 2.53. The SMILES string of the molecule is NS(=O)(=O)c1cc([N+](=O)[O-])ccc1N1CCc2cc(F)ccc2C1. The van der Waals surface area contributed by atoms with Crippen LogP contribution < -0.4 is 10.0 Å². The van der Waals surface area contributed by atoms with Gasteiger partial charge in [0.15, 0.2) is 0 Å². The van der Waals surface area contributed by atoms with E-state index >= 15 is 0 Å². The lowest BCUT2D eigenvalue weighted by atomic mass is 9.99. The van der Waals surface area contributed by atoms with E-state index in [9.17, 15) is 22.9 Å². The first-order chi connectivity index (χ1) is 11.3. The predicted octanol–water partition coefficient (Wildman–Crippen LogP) is 1.94. The minimum atomic E-state index is -4.13. The van der Waals surface area contributed by atoms with Crippen LogP contribution in [0.4, 0.5) is 15.8 Å². The Morgan fingerprint density at radius 2 is 1.92 bits per heavy atom. The Labute approximate surface area is 137 Å². The Morgan fingerprint density at radius 3 is 2.58 bits per heavy atom. The molecule has 0 radical (unpaired) electrons. The van der Waals surface area contributed by atoms with Gasteiger partial charge < -0.3 is 4.90 Å². The summed E-state index contributed by atoms with van der Waals surface area (Å²) in [5.41, 5.74) is 1.70. The van der Waals surface area contributed by atoms with Crippen molar-refractivity contribution in [3.8, 4) is 0 Å². The van der Waals surface area contributed by atoms with Crippen LogP contribution in [0.2, 0.25) is 0 Å². The van der Waals surface area contributed by atoms with Crippen molar-refractivity contribution in [2.45, 2.75) is 17.9 Å². The lowest BCUT2D eigenvalue weighted by Crippen LogP contribution is -2.32. The van der Waals surface area contributed by atoms with Crippen molar-refractivity contribution >= 4 is 21.4 Å². The molecule has 0 saturated heterocycles. The van der Waals surface area contributed by atoms with Gasteiger partial charge in [0.25, 0.3) is 5.69 Å². The Hall–Kier alpha value is -2.52. The average molecular weight is 351 g/mol. The molecule has 2 aromatic rings. The number of hydrogen-bond acceptors (Lipinski definition) is 5. The van der Waals surface area contributed by atoms with Crippen LogP contribution in [0.5, 0.6) is 0 Å². The summed E-state index contributed by atoms with van der Waals surface area (Å²) >= 11 is 0. The van der Waals surface area contributed by atoms with E-state index in [4.69, 9.17) is 5.14 Å². The third kappa shape index (κ3) is 3.08. The standard InChI is InChI=1S/C15H14FN3O4S/c16-12-2-1-11-9-18(6-5-10(11)7-12)14-4-3-13(19(20)21)8-15(14)24(17,22)23/h1-4,7-8H,5-6,9H2,(H2,17,22,23). The molecule has 1 heterocycles. The summed E-state index contributed by atoms with van der Waals surface area (Å²) in [4.78, 5) is 11.7. The fraction of sp³-hybridized carbons (Fsp3) is 0.200. The van der Waals surface area contributed by atoms with Crippen LogP contribution in [0, 0.1) is 15.9 Å². The van der Waals surface area contributed by atoms with Gasteiger partial charge in [-0.15, -0.1) is 0 Å². The van der Waals surface area contributed by atoms with Crippen molar-refractivity contribution in [2.75, 3.05) is 11.4 Å². The highest BCUT2D eigenvalue weighted by atomic mass is 32.2. The topological polar surface area (TPSA) is 107 Å². The van der Waals surface area contributed by atoms with Crippen LogP contribution in [0.1, 0.15) is 11.1 Å². The first-order valence-electron chi connectivity index (χ1n) is 7.09. The van der Waals surface area contributed by atoms with Gasteiger partial charge in [0.05, 0.1) is 10.6 Å². The predicted molar refractivity (Wildman–Crippen MR) is 85.6 cm³/mol. The number of nitrogens with zero attached hydrogens (tertiary/aromatic N) is 2. The van der Waals surface area contributed by atoms with E-state index in [1.165, 1.54) is 24.3 Å². The van der Waals surface area contributed by atoms with Gasteiger partial charge in [-0.05, 0) is 35.7 Å². The van der Waals surface area contributed by atoms with Crippen LogP contribution in [-0.2, 0) is 23.0 Å². The van der Waals surface area contributed by atoms with Crippen LogP contribution in [0.15, 0.2) is 41.3 Å². The number of halogens is 1. The summed E-state index contributed by atoms with van der Waals surface area (Å²) in [5.74, 6) is -0.317. The van der Waals surface area contributed by atoms with Gasteiger partial charge in [-0.2, -0.15) is 0 Å². The molecule has 24 heavy (non-hydrogen) atoms. The van der Waals surface area contributed by atoms with Crippen molar-refractivity contribution in [3.05, 3.63) is 63.5 Å². The minimum Gasteiger partial charge on any atom is -0.366 e. The van der Waals surface area contributed by atoms with Crippen molar-refractivity contribution in [3.63, 3.8) is 0 Å². The molecular formula is C15H14FN3O4S. The quantitative estimate of drug-likeness (QED) is 0.672. The highest BCUT2D eigenvalue weighted by Gasteiger charge is 2.25. The molecule has 0 atom stereocenters. The molecule has 126 valence electrons. The number of hydrogen-bond donors (Lipinski definition) is 1. The Balaban J connectivity index is 2.04. The zero-order valence-electron chi connectivity index (χ0n) is 12.5. The van der Waals surface area contributed by atoms with Crippen LogP contribution in [-0.4, -0.2) is 19.9 Å². The second-order valence-corrected chi connectivity index (χ2v) is 7.07. The van der Waals surface area contributed by atoms with E-state index in [2.05, 4.69) is 0 Å². The first-order valence-corrected chi connectivity index (χ1v) is 8.64. The minimum absolute atomic E-state index is 0.290. The lowest BCUT2D eigenvalue weighted by Gasteiger charge is -2.31. The Morgan fingerprint density at radius 1 is 1.17 bits per heavy atom. The second kappa shape index (κ2) is 5.84. The normalized spacial score (nSPS) is 14.3. The number of benzene rings is 2. The molecule has 0 bridgehead atoms. The van der Waals surface area contributed by atoms with Gasteiger partial charge in [0.2, 0.25) is 10.0 Å². The molecule has 0 spiro atoms. The van der Waals surface area contributed by atoms with Crippen molar-refractivity contribution in [2.24, 2.45) is 5.14 Å². The molecule has 0 aliphatic carbocycles. The van der Waals surface area contributed by atoms with E-state index in [1.807, 2.05) is 0 Å². The summed E-state index contributed by atoms with van der Waals surface area (Å²) in [5, 5.41) is 16.1. The van der Waals surface area contributed by atoms with Crippen LogP contribution in [0.3, 0.4) is 0 Å². The zero-order chi connectivity index (χ0) is 17.5. The van der Waals surface area contributed by atoms with Crippen molar-refractivity contribution < 1.29 is 17.7 Å². The van der Waals surface area contributed by atoms with E-state index < -0.39 is 14.9 Å². The molecule has 3 rings (SSSR count). The number of nitro groups is 1. The summed E-state index contributed by atoms with van der Waals surface area (Å²) < 4.78 is 37.0. The van der Waals surface area contributed by atoms with Gasteiger partial charge in [-0.3, -0.25) is 10.1 Å². The number of rotatable bonds is 3. The van der Waals surface area contributed by atoms with E-state index in [-0.39, 0.29) is 16.4 Å². The summed E-state index contributed by atoms with van der Waals surface area (Å²) in [7, 11) is -4.13. The number of nitro benzene ring substituents is 1. The van der Waals surface area contributed by atoms with Crippen molar-refractivity contribution in [1.29, 1.82) is 0 Å². The molecule has 0 amide bonds. The number of non-ortho nitro benzene ring substituents is 1. The van der Waals surface area contributed by atoms with Gasteiger partial charge in [-0.1, -0.05) is 6.07 Å². The molecule has 0 aromatic heterocycles. The number of primary sulfonamides is 1. The highest BCUT2D eigenvalue weighted by Crippen LogP contribution is 2.32. The van der Waals surface area contributed by atoms with Gasteiger partial charge >= 0.3 is 0 Å². The van der Waals surface area contributed by atoms with Crippen LogP contribution >= 0.6 is 0 Å². The number of nitrogens with two attached hydrogens (primary N) is 1. The summed E-state index contributed by atoms with van der Waals surface area (Å²) in [6, 6.07) is 8.04. The molecule has 1 aliphatic heterocycles. The maximum Gasteiger partial charge on any atom is 0.270 e. The van der Waals surface area contributed by atoms with E-state index in [0.29, 0.717) is 25.2 Å². The van der Waals surface area contributed by atoms with E-state index in [0.717, 1.165) is 17.2 Å². The Kier molecular flexibility index (Phi) is 3.98. The maximum absolute atomic E-state index is 13.3. The molecule has 0 fully saturated rings. The molecule has 2 aromatic carbocycles. The summed E-state index contributed by atoms with van der Waals surface area (Å²) in [6.07, 6.45) is 0.536. The number of anilines is 1. The first kappa shape index (κ1) is 16.3. The van der Waals surface area contributed by atoms with Gasteiger partial charge in [0, 0.05) is 25.2 Å².